The molecule has 1 unspecified atom stereocenters. The first kappa shape index (κ1) is 14.5. The maximum absolute atomic E-state index is 6.19. The molecule has 0 aliphatic heterocycles. The van der Waals surface area contributed by atoms with E-state index in [1.54, 1.807) is 6.26 Å². The molecule has 0 aliphatic rings. The molecule has 108 valence electrons. The fourth-order valence-electron chi connectivity index (χ4n) is 2.07. The summed E-state index contributed by atoms with van der Waals surface area (Å²) < 4.78 is 6.31. The van der Waals surface area contributed by atoms with Gasteiger partial charge in [0.2, 0.25) is 0 Å². The van der Waals surface area contributed by atoms with Gasteiger partial charge >= 0.3 is 0 Å². The molecule has 3 rings (SSSR count). The molecule has 1 N–H and O–H groups in total. The van der Waals surface area contributed by atoms with Gasteiger partial charge in [0.15, 0.2) is 0 Å². The van der Waals surface area contributed by atoms with Gasteiger partial charge in [0.25, 0.3) is 0 Å². The molecule has 0 saturated carbocycles. The van der Waals surface area contributed by atoms with E-state index < -0.39 is 0 Å². The Morgan fingerprint density at radius 1 is 1.14 bits per heavy atom. The standard InChI is InChI=1S/C16H13Cl2NOS/c1-10-4-5-11(9-12(10)17)19-16(13-3-2-8-20-13)14-6-7-15(18)21-14/h2-9,16,19H,1H3. The highest BCUT2D eigenvalue weighted by Gasteiger charge is 2.19. The highest BCUT2D eigenvalue weighted by molar-refractivity contribution is 7.16. The maximum Gasteiger partial charge on any atom is 0.131 e. The predicted octanol–water partition coefficient (Wildman–Crippen LogP) is 6.16. The highest BCUT2D eigenvalue weighted by Crippen LogP contribution is 2.34. The lowest BCUT2D eigenvalue weighted by molar-refractivity contribution is 0.501. The van der Waals surface area contributed by atoms with Gasteiger partial charge in [-0.2, -0.15) is 0 Å². The SMILES string of the molecule is Cc1ccc(NC(c2ccco2)c2ccc(Cl)s2)cc1Cl. The minimum absolute atomic E-state index is 0.0868. The molecule has 1 aromatic carbocycles. The summed E-state index contributed by atoms with van der Waals surface area (Å²) in [5.74, 6) is 0.838. The van der Waals surface area contributed by atoms with E-state index >= 15 is 0 Å². The van der Waals surface area contributed by atoms with Gasteiger partial charge in [-0.15, -0.1) is 11.3 Å². The lowest BCUT2D eigenvalue weighted by atomic mass is 10.1. The summed E-state index contributed by atoms with van der Waals surface area (Å²) in [6, 6.07) is 13.5. The van der Waals surface area contributed by atoms with Crippen molar-refractivity contribution in [1.29, 1.82) is 0 Å². The minimum atomic E-state index is -0.0868. The van der Waals surface area contributed by atoms with E-state index in [1.165, 1.54) is 11.3 Å². The Morgan fingerprint density at radius 3 is 2.62 bits per heavy atom. The Labute approximate surface area is 137 Å². The number of furan rings is 1. The lowest BCUT2D eigenvalue weighted by Gasteiger charge is -2.17. The van der Waals surface area contributed by atoms with Crippen molar-refractivity contribution in [3.05, 3.63) is 74.3 Å². The number of nitrogens with one attached hydrogen (secondary N) is 1. The van der Waals surface area contributed by atoms with Crippen LogP contribution in [0.1, 0.15) is 22.2 Å². The summed E-state index contributed by atoms with van der Waals surface area (Å²) >= 11 is 13.8. The van der Waals surface area contributed by atoms with Crippen LogP contribution in [0.2, 0.25) is 9.36 Å². The van der Waals surface area contributed by atoms with Crippen LogP contribution >= 0.6 is 34.5 Å². The van der Waals surface area contributed by atoms with Crippen molar-refractivity contribution in [3.8, 4) is 0 Å². The first-order chi connectivity index (χ1) is 10.1. The molecular formula is C16H13Cl2NOS. The summed E-state index contributed by atoms with van der Waals surface area (Å²) in [5.41, 5.74) is 1.99. The molecule has 1 atom stereocenters. The predicted molar refractivity (Wildman–Crippen MR) is 89.7 cm³/mol. The zero-order chi connectivity index (χ0) is 14.8. The number of hydrogen-bond donors (Lipinski definition) is 1. The largest absolute Gasteiger partial charge is 0.467 e. The van der Waals surface area contributed by atoms with Crippen LogP contribution in [-0.4, -0.2) is 0 Å². The Morgan fingerprint density at radius 2 is 2.00 bits per heavy atom. The monoisotopic (exact) mass is 337 g/mol. The molecular weight excluding hydrogens is 325 g/mol. The van der Waals surface area contributed by atoms with Crippen molar-refractivity contribution in [3.63, 3.8) is 0 Å². The van der Waals surface area contributed by atoms with E-state index in [0.29, 0.717) is 0 Å². The Balaban J connectivity index is 1.94. The Kier molecular flexibility index (Phi) is 4.24. The molecule has 21 heavy (non-hydrogen) atoms. The number of halogens is 2. The van der Waals surface area contributed by atoms with Gasteiger partial charge < -0.3 is 9.73 Å². The van der Waals surface area contributed by atoms with Gasteiger partial charge in [0.05, 0.1) is 10.6 Å². The van der Waals surface area contributed by atoms with E-state index in [4.69, 9.17) is 27.6 Å². The average molecular weight is 338 g/mol. The molecule has 3 aromatic rings. The quantitative estimate of drug-likeness (QED) is 0.616. The smallest absolute Gasteiger partial charge is 0.131 e. The normalized spacial score (nSPS) is 12.3. The third kappa shape index (κ3) is 3.26. The van der Waals surface area contributed by atoms with E-state index in [1.807, 2.05) is 49.4 Å². The molecule has 5 heteroatoms. The number of rotatable bonds is 4. The topological polar surface area (TPSA) is 25.2 Å². The van der Waals surface area contributed by atoms with Crippen molar-refractivity contribution < 1.29 is 4.42 Å². The summed E-state index contributed by atoms with van der Waals surface area (Å²) in [4.78, 5) is 1.09. The van der Waals surface area contributed by atoms with Gasteiger partial charge in [-0.25, -0.2) is 0 Å². The van der Waals surface area contributed by atoms with E-state index in [2.05, 4.69) is 5.32 Å². The second-order valence-corrected chi connectivity index (χ2v) is 6.85. The van der Waals surface area contributed by atoms with Crippen LogP contribution in [0.15, 0.2) is 53.1 Å². The Bertz CT molecular complexity index is 737. The zero-order valence-electron chi connectivity index (χ0n) is 11.3. The third-order valence-corrected chi connectivity index (χ3v) is 4.89. The number of benzene rings is 1. The fraction of sp³-hybridized carbons (Fsp3) is 0.125. The molecule has 0 bridgehead atoms. The second kappa shape index (κ2) is 6.14. The van der Waals surface area contributed by atoms with Crippen LogP contribution in [0.5, 0.6) is 0 Å². The number of thiophene rings is 1. The molecule has 2 nitrogen and oxygen atoms in total. The van der Waals surface area contributed by atoms with Gasteiger partial charge in [0, 0.05) is 15.6 Å². The van der Waals surface area contributed by atoms with E-state index in [9.17, 15) is 0 Å². The van der Waals surface area contributed by atoms with Crippen LogP contribution in [0.3, 0.4) is 0 Å². The van der Waals surface area contributed by atoms with Crippen molar-refractivity contribution >= 4 is 40.2 Å². The maximum atomic E-state index is 6.19. The van der Waals surface area contributed by atoms with E-state index in [0.717, 1.165) is 31.2 Å². The van der Waals surface area contributed by atoms with Gasteiger partial charge in [-0.3, -0.25) is 0 Å². The van der Waals surface area contributed by atoms with Crippen LogP contribution < -0.4 is 5.32 Å². The summed E-state index contributed by atoms with van der Waals surface area (Å²) in [6.07, 6.45) is 1.67. The number of anilines is 1. The Hall–Kier alpha value is -1.42. The first-order valence-electron chi connectivity index (χ1n) is 6.45. The first-order valence-corrected chi connectivity index (χ1v) is 8.02. The van der Waals surface area contributed by atoms with Crippen LogP contribution in [0, 0.1) is 6.92 Å². The molecule has 0 radical (unpaired) electrons. The van der Waals surface area contributed by atoms with Crippen molar-refractivity contribution in [2.75, 3.05) is 5.32 Å². The van der Waals surface area contributed by atoms with Crippen molar-refractivity contribution in [2.45, 2.75) is 13.0 Å². The average Bonchev–Trinajstić information content (AvgIpc) is 3.11. The van der Waals surface area contributed by atoms with Crippen LogP contribution in [0.4, 0.5) is 5.69 Å². The van der Waals surface area contributed by atoms with Crippen molar-refractivity contribution in [1.82, 2.24) is 0 Å². The van der Waals surface area contributed by atoms with Crippen molar-refractivity contribution in [2.24, 2.45) is 0 Å². The molecule has 0 fully saturated rings. The number of aryl methyl sites for hydroxylation is 1. The summed E-state index contributed by atoms with van der Waals surface area (Å²) in [5, 5.41) is 4.19. The van der Waals surface area contributed by atoms with E-state index in [-0.39, 0.29) is 6.04 Å². The molecule has 0 aliphatic carbocycles. The summed E-state index contributed by atoms with van der Waals surface area (Å²) in [7, 11) is 0. The molecule has 0 spiro atoms. The summed E-state index contributed by atoms with van der Waals surface area (Å²) in [6.45, 7) is 1.98. The van der Waals surface area contributed by atoms with Gasteiger partial charge in [-0.05, 0) is 48.9 Å². The molecule has 2 heterocycles. The zero-order valence-corrected chi connectivity index (χ0v) is 13.6. The fourth-order valence-corrected chi connectivity index (χ4v) is 3.37. The highest BCUT2D eigenvalue weighted by atomic mass is 35.5. The van der Waals surface area contributed by atoms with Crippen LogP contribution in [0.25, 0.3) is 0 Å². The van der Waals surface area contributed by atoms with Gasteiger partial charge in [-0.1, -0.05) is 29.3 Å². The molecule has 2 aromatic heterocycles. The second-order valence-electron chi connectivity index (χ2n) is 4.70. The third-order valence-electron chi connectivity index (χ3n) is 3.19. The van der Waals surface area contributed by atoms with Gasteiger partial charge in [0.1, 0.15) is 11.8 Å². The van der Waals surface area contributed by atoms with Crippen LogP contribution in [-0.2, 0) is 0 Å². The molecule has 0 amide bonds. The number of hydrogen-bond acceptors (Lipinski definition) is 3. The lowest BCUT2D eigenvalue weighted by Crippen LogP contribution is -2.10. The minimum Gasteiger partial charge on any atom is -0.467 e. The molecule has 0 saturated heterocycles.